The van der Waals surface area contributed by atoms with Crippen molar-refractivity contribution >= 4 is 91.9 Å². The molecule has 4 heteroatoms. The highest BCUT2D eigenvalue weighted by atomic mass is 32.1. The molecule has 0 fully saturated rings. The SMILES string of the molecule is c1ccc2c(c1)Oc1ccccc1C21c2cc(N(c3ccc4sc5ccccc5c4c3)c3ccc4c5ccccc5n(-c5cccc6ccccc56)c4c3)ccc2-c2cccc3cccc1c23. The smallest absolute Gasteiger partial charge is 0.132 e. The third-order valence-corrected chi connectivity index (χ3v) is 15.8. The highest BCUT2D eigenvalue weighted by molar-refractivity contribution is 7.25. The van der Waals surface area contributed by atoms with Crippen LogP contribution in [0.15, 0.2) is 231 Å². The summed E-state index contributed by atoms with van der Waals surface area (Å²) in [7, 11) is 0. The second-order valence-electron chi connectivity index (χ2n) is 17.9. The summed E-state index contributed by atoms with van der Waals surface area (Å²) in [6, 6.07) is 85.3. The van der Waals surface area contributed by atoms with E-state index in [-0.39, 0.29) is 0 Å². The minimum absolute atomic E-state index is 0.672. The molecule has 2 aliphatic rings. The fraction of sp³-hybridized carbons (Fsp3) is 0.0159. The van der Waals surface area contributed by atoms with Crippen molar-refractivity contribution in [2.75, 3.05) is 4.90 Å². The first-order valence-electron chi connectivity index (χ1n) is 23.0. The second-order valence-corrected chi connectivity index (χ2v) is 19.0. The van der Waals surface area contributed by atoms with Gasteiger partial charge in [0.15, 0.2) is 0 Å². The van der Waals surface area contributed by atoms with E-state index in [4.69, 9.17) is 4.74 Å². The first-order chi connectivity index (χ1) is 33.2. The average molecular weight is 871 g/mol. The Kier molecular flexibility index (Phi) is 7.58. The molecule has 3 nitrogen and oxygen atoms in total. The molecule has 2 aromatic heterocycles. The van der Waals surface area contributed by atoms with E-state index in [0.717, 1.165) is 45.2 Å². The quantitative estimate of drug-likeness (QED) is 0.175. The Morgan fingerprint density at radius 3 is 1.84 bits per heavy atom. The van der Waals surface area contributed by atoms with Gasteiger partial charge in [-0.1, -0.05) is 158 Å². The molecule has 0 saturated carbocycles. The van der Waals surface area contributed by atoms with E-state index in [1.54, 1.807) is 0 Å². The van der Waals surface area contributed by atoms with Crippen LogP contribution in [0.2, 0.25) is 0 Å². The van der Waals surface area contributed by atoms with E-state index >= 15 is 0 Å². The minimum atomic E-state index is -0.672. The Balaban J connectivity index is 1.05. The number of fused-ring (bicyclic) bond motifs is 15. The van der Waals surface area contributed by atoms with E-state index in [0.29, 0.717) is 0 Å². The standard InChI is InChI=1S/C63H38N2OS/c1-2-18-44-39(14-1)15-13-26-55(44)65-56-25-7-3-19-46(56)47-34-31-43(38-57(47)65)64(41-32-35-61-50(36-41)48-20-4-10-29-60(48)67-61)42-30-33-45-49-21-11-16-40-17-12-24-53(62(40)49)63(54(45)37-42)51-22-5-8-27-58(51)66-59-28-9-6-23-52(59)63/h1-38H. The number of hydrogen-bond acceptors (Lipinski definition) is 3. The van der Waals surface area contributed by atoms with Crippen molar-refractivity contribution in [3.8, 4) is 28.3 Å². The van der Waals surface area contributed by atoms with Crippen LogP contribution in [-0.4, -0.2) is 4.57 Å². The van der Waals surface area contributed by atoms with Gasteiger partial charge in [0.05, 0.1) is 22.1 Å². The molecule has 0 amide bonds. The summed E-state index contributed by atoms with van der Waals surface area (Å²) in [4.78, 5) is 2.49. The number of para-hydroxylation sites is 3. The van der Waals surface area contributed by atoms with Gasteiger partial charge in [0.25, 0.3) is 0 Å². The summed E-state index contributed by atoms with van der Waals surface area (Å²) < 4.78 is 11.9. The first kappa shape index (κ1) is 36.9. The van der Waals surface area contributed by atoms with Crippen LogP contribution in [-0.2, 0) is 5.41 Å². The van der Waals surface area contributed by atoms with Crippen LogP contribution >= 0.6 is 11.3 Å². The molecule has 0 bridgehead atoms. The maximum Gasteiger partial charge on any atom is 0.132 e. The molecule has 0 radical (unpaired) electrons. The first-order valence-corrected chi connectivity index (χ1v) is 23.8. The topological polar surface area (TPSA) is 17.4 Å². The van der Waals surface area contributed by atoms with Gasteiger partial charge in [0, 0.05) is 64.5 Å². The Hall–Kier alpha value is -8.44. The van der Waals surface area contributed by atoms with Crippen LogP contribution < -0.4 is 9.64 Å². The van der Waals surface area contributed by atoms with Crippen molar-refractivity contribution in [2.45, 2.75) is 5.41 Å². The molecular weight excluding hydrogens is 833 g/mol. The van der Waals surface area contributed by atoms with Crippen LogP contribution in [0.5, 0.6) is 11.5 Å². The van der Waals surface area contributed by atoms with Crippen molar-refractivity contribution < 1.29 is 4.74 Å². The van der Waals surface area contributed by atoms with E-state index in [2.05, 4.69) is 240 Å². The Bertz CT molecular complexity index is 4180. The van der Waals surface area contributed by atoms with Crippen LogP contribution in [0, 0.1) is 0 Å². The van der Waals surface area contributed by atoms with Crippen molar-refractivity contribution in [1.29, 1.82) is 0 Å². The summed E-state index contributed by atoms with van der Waals surface area (Å²) in [6.45, 7) is 0. The Morgan fingerprint density at radius 2 is 0.970 bits per heavy atom. The number of anilines is 3. The second kappa shape index (κ2) is 13.8. The van der Waals surface area contributed by atoms with Gasteiger partial charge in [-0.3, -0.25) is 0 Å². The molecule has 67 heavy (non-hydrogen) atoms. The monoisotopic (exact) mass is 870 g/mol. The average Bonchev–Trinajstić information content (AvgIpc) is 3.92. The van der Waals surface area contributed by atoms with Crippen molar-refractivity contribution in [3.63, 3.8) is 0 Å². The van der Waals surface area contributed by atoms with Crippen LogP contribution in [0.3, 0.4) is 0 Å². The molecule has 0 saturated heterocycles. The van der Waals surface area contributed by atoms with Crippen LogP contribution in [0.4, 0.5) is 17.1 Å². The predicted octanol–water partition coefficient (Wildman–Crippen LogP) is 17.4. The highest BCUT2D eigenvalue weighted by Gasteiger charge is 2.49. The van der Waals surface area contributed by atoms with Crippen LogP contribution in [0.1, 0.15) is 22.3 Å². The number of ether oxygens (including phenoxy) is 1. The van der Waals surface area contributed by atoms with Crippen LogP contribution in [0.25, 0.3) is 80.3 Å². The number of thiophene rings is 1. The molecule has 0 N–H and O–H groups in total. The van der Waals surface area contributed by atoms with Gasteiger partial charge in [0.1, 0.15) is 11.5 Å². The van der Waals surface area contributed by atoms with E-state index in [9.17, 15) is 0 Å². The van der Waals surface area contributed by atoms with Gasteiger partial charge < -0.3 is 14.2 Å². The van der Waals surface area contributed by atoms with Gasteiger partial charge in [0.2, 0.25) is 0 Å². The lowest BCUT2D eigenvalue weighted by atomic mass is 9.58. The van der Waals surface area contributed by atoms with Crippen molar-refractivity contribution in [3.05, 3.63) is 253 Å². The van der Waals surface area contributed by atoms with Gasteiger partial charge in [-0.15, -0.1) is 11.3 Å². The Labute approximate surface area is 390 Å². The van der Waals surface area contributed by atoms with Gasteiger partial charge in [-0.05, 0) is 111 Å². The predicted molar refractivity (Wildman–Crippen MR) is 281 cm³/mol. The van der Waals surface area contributed by atoms with Crippen molar-refractivity contribution in [2.24, 2.45) is 0 Å². The number of aromatic nitrogens is 1. The molecule has 312 valence electrons. The summed E-state index contributed by atoms with van der Waals surface area (Å²) in [5.41, 5.74) is 13.4. The van der Waals surface area contributed by atoms with Gasteiger partial charge in [-0.2, -0.15) is 0 Å². The van der Waals surface area contributed by atoms with E-state index in [1.165, 1.54) is 85.9 Å². The summed E-state index contributed by atoms with van der Waals surface area (Å²) in [5.74, 6) is 1.76. The number of hydrogen-bond donors (Lipinski definition) is 0. The highest BCUT2D eigenvalue weighted by Crippen LogP contribution is 2.62. The third kappa shape index (κ3) is 5.05. The molecule has 1 spiro atoms. The molecular formula is C63H38N2OS. The molecule has 1 aliphatic carbocycles. The largest absolute Gasteiger partial charge is 0.457 e. The maximum absolute atomic E-state index is 6.82. The number of nitrogens with zero attached hydrogens (tertiary/aromatic N) is 2. The summed E-state index contributed by atoms with van der Waals surface area (Å²) in [6.07, 6.45) is 0. The third-order valence-electron chi connectivity index (χ3n) is 14.6. The fourth-order valence-electron chi connectivity index (χ4n) is 11.9. The molecule has 11 aromatic carbocycles. The molecule has 0 atom stereocenters. The molecule has 1 aliphatic heterocycles. The molecule has 3 heterocycles. The summed E-state index contributed by atoms with van der Waals surface area (Å²) >= 11 is 1.86. The van der Waals surface area contributed by atoms with Gasteiger partial charge >= 0.3 is 0 Å². The van der Waals surface area contributed by atoms with E-state index < -0.39 is 5.41 Å². The lowest BCUT2D eigenvalue weighted by Gasteiger charge is -2.45. The summed E-state index contributed by atoms with van der Waals surface area (Å²) in [5, 5.41) is 9.95. The number of rotatable bonds is 4. The lowest BCUT2D eigenvalue weighted by Crippen LogP contribution is -2.36. The van der Waals surface area contributed by atoms with Crippen molar-refractivity contribution in [1.82, 2.24) is 4.57 Å². The zero-order valence-electron chi connectivity index (χ0n) is 36.2. The zero-order valence-corrected chi connectivity index (χ0v) is 37.0. The fourth-order valence-corrected chi connectivity index (χ4v) is 13.0. The normalized spacial score (nSPS) is 13.3. The molecule has 15 rings (SSSR count). The maximum atomic E-state index is 6.82. The zero-order chi connectivity index (χ0) is 43.8. The Morgan fingerprint density at radius 1 is 0.373 bits per heavy atom. The lowest BCUT2D eigenvalue weighted by molar-refractivity contribution is 0.435. The van der Waals surface area contributed by atoms with E-state index in [1.807, 2.05) is 11.3 Å². The molecule has 13 aromatic rings. The number of benzene rings is 11. The minimum Gasteiger partial charge on any atom is -0.457 e. The molecule has 0 unspecified atom stereocenters. The van der Waals surface area contributed by atoms with Gasteiger partial charge in [-0.25, -0.2) is 0 Å².